The van der Waals surface area contributed by atoms with Crippen molar-refractivity contribution in [1.29, 1.82) is 0 Å². The maximum atomic E-state index is 12.5. The number of ether oxygens (including phenoxy) is 1. The van der Waals surface area contributed by atoms with Gasteiger partial charge in [-0.3, -0.25) is 14.5 Å². The lowest BCUT2D eigenvalue weighted by Crippen LogP contribution is -2.40. The third-order valence-electron chi connectivity index (χ3n) is 5.42. The summed E-state index contributed by atoms with van der Waals surface area (Å²) in [6, 6.07) is 8.12. The van der Waals surface area contributed by atoms with Gasteiger partial charge in [-0.05, 0) is 44.7 Å². The predicted molar refractivity (Wildman–Crippen MR) is 109 cm³/mol. The number of aryl methyl sites for hydroxylation is 1. The van der Waals surface area contributed by atoms with Gasteiger partial charge in [-0.25, -0.2) is 0 Å². The Morgan fingerprint density at radius 1 is 1.25 bits per heavy atom. The molecule has 0 spiro atoms. The summed E-state index contributed by atoms with van der Waals surface area (Å²) in [5, 5.41) is 9.85. The average molecular weight is 399 g/mol. The van der Waals surface area contributed by atoms with Crippen molar-refractivity contribution in [3.8, 4) is 5.75 Å². The van der Waals surface area contributed by atoms with E-state index in [-0.39, 0.29) is 18.1 Å². The lowest BCUT2D eigenvalue weighted by molar-refractivity contribution is 0.0889. The minimum atomic E-state index is -0.209. The summed E-state index contributed by atoms with van der Waals surface area (Å²) in [6.45, 7) is 1.85. The zero-order valence-electron chi connectivity index (χ0n) is 16.0. The molecule has 1 fully saturated rings. The molecule has 0 unspecified atom stereocenters. The number of benzene rings is 1. The molecule has 1 aliphatic rings. The van der Waals surface area contributed by atoms with E-state index < -0.39 is 0 Å². The van der Waals surface area contributed by atoms with E-state index in [9.17, 15) is 4.79 Å². The molecule has 0 radical (unpaired) electrons. The molecule has 0 bridgehead atoms. The molecule has 6 nitrogen and oxygen atoms in total. The number of carbonyl (C=O) groups is 1. The van der Waals surface area contributed by atoms with Gasteiger partial charge in [-0.1, -0.05) is 23.7 Å². The first-order valence-electron chi connectivity index (χ1n) is 9.52. The smallest absolute Gasteiger partial charge is 0.273 e. The lowest BCUT2D eigenvalue weighted by Gasteiger charge is -2.29. The number of halogens is 1. The fraction of sp³-hybridized carbons (Fsp3) is 0.381. The van der Waals surface area contributed by atoms with Gasteiger partial charge < -0.3 is 10.1 Å². The van der Waals surface area contributed by atoms with Crippen LogP contribution in [0.15, 0.2) is 36.7 Å². The Morgan fingerprint density at radius 3 is 2.75 bits per heavy atom. The molecule has 1 aliphatic carbocycles. The summed E-state index contributed by atoms with van der Waals surface area (Å²) in [6.07, 6.45) is 7.29. The zero-order valence-corrected chi connectivity index (χ0v) is 16.7. The number of amides is 1. The van der Waals surface area contributed by atoms with E-state index in [1.165, 1.54) is 0 Å². The van der Waals surface area contributed by atoms with Gasteiger partial charge in [0.15, 0.2) is 5.69 Å². The first-order valence-corrected chi connectivity index (χ1v) is 9.90. The molecule has 7 heteroatoms. The van der Waals surface area contributed by atoms with Crippen LogP contribution in [0.4, 0.5) is 0 Å². The standard InChI is InChI=1S/C21H23ClN4O2/c1-13-19(22)20(25-26(13)2)21(27)24-15-6-8-16(9-7-15)28-18-5-3-4-14-12-23-11-10-17(14)18/h3-5,10-12,15-16H,6-9H2,1-2H3,(H,24,27). The van der Waals surface area contributed by atoms with Gasteiger partial charge in [0.05, 0.1) is 16.8 Å². The molecular formula is C21H23ClN4O2. The molecule has 2 aromatic heterocycles. The van der Waals surface area contributed by atoms with Crippen molar-refractivity contribution in [3.05, 3.63) is 53.1 Å². The predicted octanol–water partition coefficient (Wildman–Crippen LogP) is 4.05. The van der Waals surface area contributed by atoms with Gasteiger partial charge in [0.25, 0.3) is 5.91 Å². The van der Waals surface area contributed by atoms with Crippen LogP contribution in [0.2, 0.25) is 5.02 Å². The lowest BCUT2D eigenvalue weighted by atomic mass is 9.92. The number of aromatic nitrogens is 3. The molecule has 0 aliphatic heterocycles. The summed E-state index contributed by atoms with van der Waals surface area (Å²) < 4.78 is 7.89. The van der Waals surface area contributed by atoms with E-state index in [1.807, 2.05) is 37.4 Å². The molecule has 4 rings (SSSR count). The average Bonchev–Trinajstić information content (AvgIpc) is 2.97. The molecule has 1 aromatic carbocycles. The van der Waals surface area contributed by atoms with Gasteiger partial charge >= 0.3 is 0 Å². The Balaban J connectivity index is 1.35. The van der Waals surface area contributed by atoms with Crippen molar-refractivity contribution < 1.29 is 9.53 Å². The van der Waals surface area contributed by atoms with Crippen molar-refractivity contribution in [2.75, 3.05) is 0 Å². The van der Waals surface area contributed by atoms with Crippen molar-refractivity contribution in [3.63, 3.8) is 0 Å². The highest BCUT2D eigenvalue weighted by molar-refractivity contribution is 6.34. The van der Waals surface area contributed by atoms with Crippen LogP contribution in [0, 0.1) is 6.92 Å². The second-order valence-corrected chi connectivity index (χ2v) is 7.67. The van der Waals surface area contributed by atoms with Gasteiger partial charge in [0.1, 0.15) is 5.75 Å². The SMILES string of the molecule is Cc1c(Cl)c(C(=O)NC2CCC(Oc3cccc4cnccc34)CC2)nn1C. The summed E-state index contributed by atoms with van der Waals surface area (Å²) >= 11 is 6.22. The van der Waals surface area contributed by atoms with Crippen molar-refractivity contribution in [2.24, 2.45) is 7.05 Å². The highest BCUT2D eigenvalue weighted by Gasteiger charge is 2.26. The van der Waals surface area contributed by atoms with Gasteiger partial charge in [0, 0.05) is 36.3 Å². The maximum absolute atomic E-state index is 12.5. The Bertz CT molecular complexity index is 1000. The minimum absolute atomic E-state index is 0.113. The second kappa shape index (κ2) is 7.80. The zero-order chi connectivity index (χ0) is 19.7. The fourth-order valence-corrected chi connectivity index (χ4v) is 3.93. The Labute approximate surface area is 168 Å². The molecule has 3 aromatic rings. The number of hydrogen-bond acceptors (Lipinski definition) is 4. The fourth-order valence-electron chi connectivity index (χ4n) is 3.68. The van der Waals surface area contributed by atoms with Crippen LogP contribution in [-0.4, -0.2) is 32.8 Å². The van der Waals surface area contributed by atoms with E-state index >= 15 is 0 Å². The highest BCUT2D eigenvalue weighted by Crippen LogP contribution is 2.29. The van der Waals surface area contributed by atoms with Crippen LogP contribution in [0.3, 0.4) is 0 Å². The summed E-state index contributed by atoms with van der Waals surface area (Å²) in [4.78, 5) is 16.7. The first kappa shape index (κ1) is 18.7. The number of fused-ring (bicyclic) bond motifs is 1. The summed E-state index contributed by atoms with van der Waals surface area (Å²) in [5.41, 5.74) is 1.08. The quantitative estimate of drug-likeness (QED) is 0.719. The topological polar surface area (TPSA) is 69.0 Å². The molecule has 0 saturated heterocycles. The van der Waals surface area contributed by atoms with E-state index in [0.29, 0.717) is 10.7 Å². The van der Waals surface area contributed by atoms with Crippen molar-refractivity contribution in [1.82, 2.24) is 20.1 Å². The third-order valence-corrected chi connectivity index (χ3v) is 5.87. The van der Waals surface area contributed by atoms with Gasteiger partial charge in [0.2, 0.25) is 0 Å². The summed E-state index contributed by atoms with van der Waals surface area (Å²) in [7, 11) is 1.78. The Hall–Kier alpha value is -2.60. The van der Waals surface area contributed by atoms with Crippen LogP contribution >= 0.6 is 11.6 Å². The molecule has 1 N–H and O–H groups in total. The van der Waals surface area contributed by atoms with Crippen molar-refractivity contribution >= 4 is 28.3 Å². The maximum Gasteiger partial charge on any atom is 0.273 e. The minimum Gasteiger partial charge on any atom is -0.490 e. The van der Waals surface area contributed by atoms with Crippen LogP contribution in [-0.2, 0) is 7.05 Å². The van der Waals surface area contributed by atoms with Gasteiger partial charge in [-0.2, -0.15) is 5.10 Å². The molecule has 146 valence electrons. The highest BCUT2D eigenvalue weighted by atomic mass is 35.5. The van der Waals surface area contributed by atoms with Crippen molar-refractivity contribution in [2.45, 2.75) is 44.8 Å². The van der Waals surface area contributed by atoms with Gasteiger partial charge in [-0.15, -0.1) is 0 Å². The van der Waals surface area contributed by atoms with Crippen LogP contribution in [0.5, 0.6) is 5.75 Å². The summed E-state index contributed by atoms with van der Waals surface area (Å²) in [5.74, 6) is 0.683. The largest absolute Gasteiger partial charge is 0.490 e. The third kappa shape index (κ3) is 3.69. The number of nitrogens with zero attached hydrogens (tertiary/aromatic N) is 3. The van der Waals surface area contributed by atoms with E-state index in [1.54, 1.807) is 17.9 Å². The molecule has 2 heterocycles. The monoisotopic (exact) mass is 398 g/mol. The van der Waals surface area contributed by atoms with E-state index in [0.717, 1.165) is 47.9 Å². The van der Waals surface area contributed by atoms with Crippen LogP contribution < -0.4 is 10.1 Å². The molecule has 28 heavy (non-hydrogen) atoms. The Kier molecular flexibility index (Phi) is 5.22. The number of pyridine rings is 1. The normalized spacial score (nSPS) is 19.5. The Morgan fingerprint density at radius 2 is 2.04 bits per heavy atom. The molecule has 0 atom stereocenters. The number of rotatable bonds is 4. The molecule has 1 amide bonds. The second-order valence-electron chi connectivity index (χ2n) is 7.29. The number of carbonyl (C=O) groups excluding carboxylic acids is 1. The van der Waals surface area contributed by atoms with Crippen LogP contribution in [0.1, 0.15) is 41.9 Å². The molecular weight excluding hydrogens is 376 g/mol. The molecule has 1 saturated carbocycles. The first-order chi connectivity index (χ1) is 13.5. The van der Waals surface area contributed by atoms with E-state index in [4.69, 9.17) is 16.3 Å². The number of hydrogen-bond donors (Lipinski definition) is 1. The number of nitrogens with one attached hydrogen (secondary N) is 1. The van der Waals surface area contributed by atoms with Crippen LogP contribution in [0.25, 0.3) is 10.8 Å². The van der Waals surface area contributed by atoms with E-state index in [2.05, 4.69) is 15.4 Å².